The fraction of sp³-hybridized carbons (Fsp3) is 0.667. The molecule has 1 saturated carbocycles. The molecule has 1 aromatic rings. The molecule has 4 atom stereocenters. The Hall–Kier alpha value is -0.870. The summed E-state index contributed by atoms with van der Waals surface area (Å²) in [6.45, 7) is 0. The van der Waals surface area contributed by atoms with Crippen molar-refractivity contribution in [3.8, 4) is 0 Å². The molecule has 0 spiro atoms. The molecule has 70 valence electrons. The summed E-state index contributed by atoms with van der Waals surface area (Å²) < 4.78 is 1.76. The maximum Gasteiger partial charge on any atom is 0.0889 e. The second-order valence-electron chi connectivity index (χ2n) is 4.07. The van der Waals surface area contributed by atoms with Gasteiger partial charge in [0.15, 0.2) is 0 Å². The smallest absolute Gasteiger partial charge is 0.0889 e. The lowest BCUT2D eigenvalue weighted by atomic mass is 9.93. The van der Waals surface area contributed by atoms with Gasteiger partial charge in [-0.05, 0) is 12.0 Å². The summed E-state index contributed by atoms with van der Waals surface area (Å²) in [5, 5.41) is 23.6. The summed E-state index contributed by atoms with van der Waals surface area (Å²) in [6, 6.07) is 0. The molecule has 13 heavy (non-hydrogen) atoms. The van der Waals surface area contributed by atoms with Gasteiger partial charge in [-0.2, -0.15) is 5.10 Å². The Bertz CT molecular complexity index is 329. The van der Waals surface area contributed by atoms with E-state index in [1.54, 1.807) is 4.68 Å². The van der Waals surface area contributed by atoms with Crippen LogP contribution in [0.15, 0.2) is 6.20 Å². The van der Waals surface area contributed by atoms with Crippen LogP contribution >= 0.6 is 0 Å². The number of rotatable bonds is 0. The molecular weight excluding hydrogens is 168 g/mol. The molecular formula is C9H12N2O2. The lowest BCUT2D eigenvalue weighted by Crippen LogP contribution is -2.30. The lowest BCUT2D eigenvalue weighted by molar-refractivity contribution is 0.0211. The van der Waals surface area contributed by atoms with Crippen LogP contribution in [0.25, 0.3) is 0 Å². The molecule has 4 unspecified atom stereocenters. The monoisotopic (exact) mass is 180 g/mol. The number of aromatic nitrogens is 2. The van der Waals surface area contributed by atoms with Crippen LogP contribution < -0.4 is 0 Å². The number of hydrogen-bond acceptors (Lipinski definition) is 3. The summed E-state index contributed by atoms with van der Waals surface area (Å²) in [6.07, 6.45) is 1.63. The van der Waals surface area contributed by atoms with Crippen molar-refractivity contribution in [3.63, 3.8) is 0 Å². The van der Waals surface area contributed by atoms with E-state index in [1.807, 2.05) is 13.2 Å². The molecule has 3 rings (SSSR count). The average Bonchev–Trinajstić information content (AvgIpc) is 2.64. The lowest BCUT2D eigenvalue weighted by Gasteiger charge is -2.21. The van der Waals surface area contributed by atoms with E-state index in [-0.39, 0.29) is 11.8 Å². The van der Waals surface area contributed by atoms with Crippen LogP contribution in [-0.4, -0.2) is 32.2 Å². The predicted molar refractivity (Wildman–Crippen MR) is 45.3 cm³/mol. The quantitative estimate of drug-likeness (QED) is 0.577. The van der Waals surface area contributed by atoms with Gasteiger partial charge in [-0.15, -0.1) is 0 Å². The first-order chi connectivity index (χ1) is 6.18. The van der Waals surface area contributed by atoms with Crippen LogP contribution in [0.1, 0.15) is 29.5 Å². The Labute approximate surface area is 75.8 Å². The predicted octanol–water partition coefficient (Wildman–Crippen LogP) is -0.274. The zero-order chi connectivity index (χ0) is 9.16. The van der Waals surface area contributed by atoms with Crippen molar-refractivity contribution < 1.29 is 10.2 Å². The zero-order valence-electron chi connectivity index (χ0n) is 7.38. The van der Waals surface area contributed by atoms with Crippen LogP contribution in [0.2, 0.25) is 0 Å². The van der Waals surface area contributed by atoms with Gasteiger partial charge in [0.1, 0.15) is 0 Å². The van der Waals surface area contributed by atoms with Gasteiger partial charge >= 0.3 is 0 Å². The molecule has 0 amide bonds. The standard InChI is InChI=1S/C9H12N2O2/c1-11-3-6-4-2-5(7(6)10-11)9(13)8(4)12/h3-5,8-9,12-13H,2H2,1H3. The van der Waals surface area contributed by atoms with Crippen molar-refractivity contribution in [1.29, 1.82) is 0 Å². The third-order valence-electron chi connectivity index (χ3n) is 3.32. The zero-order valence-corrected chi connectivity index (χ0v) is 7.38. The van der Waals surface area contributed by atoms with Gasteiger partial charge in [-0.25, -0.2) is 0 Å². The minimum absolute atomic E-state index is 0.0659. The largest absolute Gasteiger partial charge is 0.390 e. The van der Waals surface area contributed by atoms with Gasteiger partial charge in [0.2, 0.25) is 0 Å². The second kappa shape index (κ2) is 2.13. The van der Waals surface area contributed by atoms with Crippen LogP contribution in [-0.2, 0) is 7.05 Å². The van der Waals surface area contributed by atoms with E-state index in [9.17, 15) is 10.2 Å². The summed E-state index contributed by atoms with van der Waals surface area (Å²) in [7, 11) is 1.87. The van der Waals surface area contributed by atoms with Gasteiger partial charge in [-0.1, -0.05) is 0 Å². The van der Waals surface area contributed by atoms with Gasteiger partial charge in [0, 0.05) is 25.1 Å². The highest BCUT2D eigenvalue weighted by molar-refractivity contribution is 5.38. The van der Waals surface area contributed by atoms with Crippen molar-refractivity contribution in [2.24, 2.45) is 7.05 Å². The number of aliphatic hydroxyl groups excluding tert-OH is 2. The van der Waals surface area contributed by atoms with Crippen LogP contribution in [0.3, 0.4) is 0 Å². The van der Waals surface area contributed by atoms with E-state index in [0.717, 1.165) is 17.7 Å². The van der Waals surface area contributed by atoms with Crippen LogP contribution in [0.5, 0.6) is 0 Å². The van der Waals surface area contributed by atoms with Crippen LogP contribution in [0.4, 0.5) is 0 Å². The van der Waals surface area contributed by atoms with Gasteiger partial charge in [0.25, 0.3) is 0 Å². The first kappa shape index (κ1) is 7.53. The van der Waals surface area contributed by atoms with Crippen molar-refractivity contribution in [2.45, 2.75) is 30.5 Å². The Morgan fingerprint density at radius 1 is 1.38 bits per heavy atom. The molecule has 2 bridgehead atoms. The van der Waals surface area contributed by atoms with Gasteiger partial charge in [0.05, 0.1) is 17.9 Å². The minimum Gasteiger partial charge on any atom is -0.390 e. The fourth-order valence-electron chi connectivity index (χ4n) is 2.71. The molecule has 0 aromatic carbocycles. The Kier molecular flexibility index (Phi) is 1.24. The molecule has 4 heteroatoms. The summed E-state index contributed by atoms with van der Waals surface area (Å²) >= 11 is 0. The molecule has 0 radical (unpaired) electrons. The molecule has 1 fully saturated rings. The molecule has 4 nitrogen and oxygen atoms in total. The number of fused-ring (bicyclic) bond motifs is 5. The first-order valence-electron chi connectivity index (χ1n) is 4.58. The summed E-state index contributed by atoms with van der Waals surface area (Å²) in [4.78, 5) is 0. The number of nitrogens with zero attached hydrogens (tertiary/aromatic N) is 2. The molecule has 1 heterocycles. The minimum atomic E-state index is -0.604. The van der Waals surface area contributed by atoms with E-state index in [1.165, 1.54) is 0 Å². The summed E-state index contributed by atoms with van der Waals surface area (Å²) in [5.41, 5.74) is 2.12. The number of aryl methyl sites for hydroxylation is 1. The maximum absolute atomic E-state index is 9.66. The average molecular weight is 180 g/mol. The van der Waals surface area contributed by atoms with E-state index < -0.39 is 12.2 Å². The number of aliphatic hydroxyl groups is 2. The Morgan fingerprint density at radius 3 is 2.85 bits per heavy atom. The first-order valence-corrected chi connectivity index (χ1v) is 4.58. The van der Waals surface area contributed by atoms with Crippen molar-refractivity contribution in [3.05, 3.63) is 17.5 Å². The molecule has 0 saturated heterocycles. The molecule has 2 N–H and O–H groups in total. The third-order valence-corrected chi connectivity index (χ3v) is 3.32. The van der Waals surface area contributed by atoms with E-state index in [4.69, 9.17) is 0 Å². The van der Waals surface area contributed by atoms with E-state index in [2.05, 4.69) is 5.10 Å². The SMILES string of the molecule is Cn1cc2c(n1)C1CC2C(O)C1O. The highest BCUT2D eigenvalue weighted by atomic mass is 16.3. The van der Waals surface area contributed by atoms with E-state index >= 15 is 0 Å². The molecule has 2 aliphatic carbocycles. The maximum atomic E-state index is 9.66. The number of hydrogen-bond donors (Lipinski definition) is 2. The fourth-order valence-corrected chi connectivity index (χ4v) is 2.71. The normalized spacial score (nSPS) is 41.2. The summed E-state index contributed by atoms with van der Waals surface area (Å²) in [5.74, 6) is 0.180. The Morgan fingerprint density at radius 2 is 2.08 bits per heavy atom. The van der Waals surface area contributed by atoms with E-state index in [0.29, 0.717) is 0 Å². The third kappa shape index (κ3) is 0.752. The van der Waals surface area contributed by atoms with Gasteiger partial charge < -0.3 is 10.2 Å². The van der Waals surface area contributed by atoms with Crippen molar-refractivity contribution in [1.82, 2.24) is 9.78 Å². The second-order valence-corrected chi connectivity index (χ2v) is 4.07. The topological polar surface area (TPSA) is 58.3 Å². The highest BCUT2D eigenvalue weighted by Crippen LogP contribution is 2.52. The molecule has 0 aliphatic heterocycles. The van der Waals surface area contributed by atoms with Gasteiger partial charge in [-0.3, -0.25) is 4.68 Å². The molecule has 1 aromatic heterocycles. The Balaban J connectivity index is 2.15. The van der Waals surface area contributed by atoms with Crippen molar-refractivity contribution >= 4 is 0 Å². The molecule has 2 aliphatic rings. The highest BCUT2D eigenvalue weighted by Gasteiger charge is 2.51. The van der Waals surface area contributed by atoms with Crippen molar-refractivity contribution in [2.75, 3.05) is 0 Å². The van der Waals surface area contributed by atoms with Crippen LogP contribution in [0, 0.1) is 0 Å².